The van der Waals surface area contributed by atoms with E-state index in [-0.39, 0.29) is 25.2 Å². The van der Waals surface area contributed by atoms with Crippen molar-refractivity contribution in [2.45, 2.75) is 96.8 Å². The van der Waals surface area contributed by atoms with Crippen LogP contribution in [-0.2, 0) is 61.6 Å². The van der Waals surface area contributed by atoms with E-state index in [4.69, 9.17) is 56.8 Å². The molecule has 0 spiro atoms. The molecule has 0 N–H and O–H groups in total. The number of carbonyl (C=O) groups is 2. The summed E-state index contributed by atoms with van der Waals surface area (Å²) in [6.45, 7) is 12.0. The molecule has 0 aromatic heterocycles. The highest BCUT2D eigenvalue weighted by atomic mass is 16.6. The van der Waals surface area contributed by atoms with Gasteiger partial charge in [0.15, 0.2) is 0 Å². The summed E-state index contributed by atoms with van der Waals surface area (Å²) >= 11 is 0. The summed E-state index contributed by atoms with van der Waals surface area (Å²) in [5.74, 6) is -0.494. The van der Waals surface area contributed by atoms with Crippen LogP contribution in [0.1, 0.15) is 107 Å². The topological polar surface area (TPSA) is 145 Å². The Morgan fingerprint density at radius 1 is 0.339 bits per heavy atom. The van der Waals surface area contributed by atoms with Crippen molar-refractivity contribution in [3.8, 4) is 0 Å². The van der Waals surface area contributed by atoms with Gasteiger partial charge >= 0.3 is 11.9 Å². The first kappa shape index (κ1) is 54.8. The Morgan fingerprint density at radius 3 is 0.932 bits per heavy atom. The molecule has 0 fully saturated rings. The Balaban J connectivity index is 1.64. The van der Waals surface area contributed by atoms with E-state index in [9.17, 15) is 9.59 Å². The normalized spacial score (nSPS) is 11.3. The highest BCUT2D eigenvalue weighted by Gasteiger charge is 2.06. The third-order valence-electron chi connectivity index (χ3n) is 8.79. The first-order valence-electron chi connectivity index (χ1n) is 22.4. The summed E-state index contributed by atoms with van der Waals surface area (Å²) in [6.07, 6.45) is 17.3. The van der Waals surface area contributed by atoms with Gasteiger partial charge in [0.05, 0.1) is 138 Å². The van der Waals surface area contributed by atoms with Crippen LogP contribution < -0.4 is 0 Å². The molecule has 1 rings (SSSR count). The molecule has 0 heterocycles. The molecule has 1 aromatic rings. The lowest BCUT2D eigenvalue weighted by Crippen LogP contribution is -2.16. The van der Waals surface area contributed by atoms with Crippen molar-refractivity contribution in [1.29, 1.82) is 0 Å². The summed E-state index contributed by atoms with van der Waals surface area (Å²) in [5.41, 5.74) is 0.523. The first-order valence-corrected chi connectivity index (χ1v) is 22.4. The van der Waals surface area contributed by atoms with Gasteiger partial charge in [-0.05, 0) is 18.6 Å². The molecule has 0 aliphatic carbocycles. The number of unbranched alkanes of at least 4 members (excludes halogenated alkanes) is 12. The molecule has 14 heteroatoms. The second kappa shape index (κ2) is 46.8. The van der Waals surface area contributed by atoms with E-state index in [1.807, 2.05) is 6.07 Å². The van der Waals surface area contributed by atoms with Crippen LogP contribution in [0.5, 0.6) is 0 Å². The van der Waals surface area contributed by atoms with E-state index in [1.165, 1.54) is 70.6 Å². The number of benzene rings is 1. The summed E-state index contributed by atoms with van der Waals surface area (Å²) in [7, 11) is 0. The molecule has 0 aliphatic heterocycles. The van der Waals surface area contributed by atoms with Gasteiger partial charge in [-0.15, -0.1) is 0 Å². The zero-order valence-corrected chi connectivity index (χ0v) is 36.6. The minimum Gasteiger partial charge on any atom is -0.463 e. The lowest BCUT2D eigenvalue weighted by atomic mass is 10.0. The highest BCUT2D eigenvalue weighted by Crippen LogP contribution is 2.13. The van der Waals surface area contributed by atoms with Crippen molar-refractivity contribution in [1.82, 2.24) is 0 Å². The number of ether oxygens (including phenoxy) is 12. The molecular weight excluding hydrogens is 764 g/mol. The van der Waals surface area contributed by atoms with Crippen molar-refractivity contribution >= 4 is 11.9 Å². The molecule has 0 saturated carbocycles. The van der Waals surface area contributed by atoms with Crippen molar-refractivity contribution in [2.75, 3.05) is 145 Å². The standard InChI is InChI=1S/C45H80O14/c1-2-3-4-5-6-7-8-9-10-11-12-13-17-20-44(46)58-41-39-56-37-35-54-33-31-52-29-27-50-25-23-48-21-22-49-24-26-51-28-30-53-32-34-55-36-38-57-40-42-59-45(47)43-18-15-14-16-19-43/h14-16,18-19H,2-13,17,20-42H2,1H3. The number of rotatable bonds is 48. The van der Waals surface area contributed by atoms with Gasteiger partial charge in [-0.3, -0.25) is 4.79 Å². The Morgan fingerprint density at radius 2 is 0.610 bits per heavy atom. The number of esters is 2. The van der Waals surface area contributed by atoms with E-state index < -0.39 is 0 Å². The molecule has 344 valence electrons. The van der Waals surface area contributed by atoms with Gasteiger partial charge in [-0.25, -0.2) is 4.79 Å². The molecule has 0 amide bonds. The van der Waals surface area contributed by atoms with E-state index >= 15 is 0 Å². The van der Waals surface area contributed by atoms with Gasteiger partial charge in [0.1, 0.15) is 13.2 Å². The van der Waals surface area contributed by atoms with Crippen LogP contribution in [-0.4, -0.2) is 157 Å². The summed E-state index contributed by atoms with van der Waals surface area (Å²) in [6, 6.07) is 8.85. The SMILES string of the molecule is CCCCCCCCCCCCCCCC(=O)OCCOCCOCCOCCOCCOCCOCCOCCOCCOCCOCCOC(=O)c1ccccc1. The van der Waals surface area contributed by atoms with E-state index in [2.05, 4.69) is 6.92 Å². The van der Waals surface area contributed by atoms with Crippen LogP contribution in [0.25, 0.3) is 0 Å². The largest absolute Gasteiger partial charge is 0.463 e. The minimum atomic E-state index is -0.358. The van der Waals surface area contributed by atoms with Crippen LogP contribution >= 0.6 is 0 Å². The average Bonchev–Trinajstić information content (AvgIpc) is 3.25. The molecule has 59 heavy (non-hydrogen) atoms. The number of hydrogen-bond donors (Lipinski definition) is 0. The number of hydrogen-bond acceptors (Lipinski definition) is 14. The maximum Gasteiger partial charge on any atom is 0.338 e. The van der Waals surface area contributed by atoms with Crippen LogP contribution in [0.3, 0.4) is 0 Å². The Hall–Kier alpha value is -2.24. The van der Waals surface area contributed by atoms with Crippen molar-refractivity contribution in [3.63, 3.8) is 0 Å². The molecule has 14 nitrogen and oxygen atoms in total. The summed E-state index contributed by atoms with van der Waals surface area (Å²) in [5, 5.41) is 0. The van der Waals surface area contributed by atoms with Crippen molar-refractivity contribution in [2.24, 2.45) is 0 Å². The fourth-order valence-electron chi connectivity index (χ4n) is 5.51. The Bertz CT molecular complexity index is 1000. The quantitative estimate of drug-likeness (QED) is 0.0489. The van der Waals surface area contributed by atoms with Crippen LogP contribution in [0.15, 0.2) is 30.3 Å². The molecule has 0 bridgehead atoms. The maximum absolute atomic E-state index is 11.9. The maximum atomic E-state index is 11.9. The molecule has 0 radical (unpaired) electrons. The third kappa shape index (κ3) is 42.2. The van der Waals surface area contributed by atoms with Gasteiger partial charge in [-0.1, -0.05) is 102 Å². The minimum absolute atomic E-state index is 0.136. The Labute approximate surface area is 355 Å². The van der Waals surface area contributed by atoms with Gasteiger partial charge in [-0.2, -0.15) is 0 Å². The molecule has 0 atom stereocenters. The Kier molecular flexibility index (Phi) is 43.5. The lowest BCUT2D eigenvalue weighted by molar-refractivity contribution is -0.145. The fraction of sp³-hybridized carbons (Fsp3) is 0.822. The molecule has 0 unspecified atom stereocenters. The van der Waals surface area contributed by atoms with Crippen LogP contribution in [0.4, 0.5) is 0 Å². The average molecular weight is 845 g/mol. The van der Waals surface area contributed by atoms with Crippen molar-refractivity contribution in [3.05, 3.63) is 35.9 Å². The smallest absolute Gasteiger partial charge is 0.338 e. The third-order valence-corrected chi connectivity index (χ3v) is 8.79. The van der Waals surface area contributed by atoms with Gasteiger partial charge < -0.3 is 56.8 Å². The summed E-state index contributed by atoms with van der Waals surface area (Å²) in [4.78, 5) is 23.7. The van der Waals surface area contributed by atoms with E-state index in [1.54, 1.807) is 24.3 Å². The van der Waals surface area contributed by atoms with Gasteiger partial charge in [0.2, 0.25) is 0 Å². The second-order valence-corrected chi connectivity index (χ2v) is 13.8. The number of carbonyl (C=O) groups excluding carboxylic acids is 2. The monoisotopic (exact) mass is 845 g/mol. The zero-order valence-electron chi connectivity index (χ0n) is 36.6. The van der Waals surface area contributed by atoms with Crippen molar-refractivity contribution < 1.29 is 66.4 Å². The fourth-order valence-corrected chi connectivity index (χ4v) is 5.51. The lowest BCUT2D eigenvalue weighted by Gasteiger charge is -2.09. The predicted octanol–water partition coefficient (Wildman–Crippen LogP) is 7.03. The van der Waals surface area contributed by atoms with Gasteiger partial charge in [0.25, 0.3) is 0 Å². The van der Waals surface area contributed by atoms with Crippen LogP contribution in [0, 0.1) is 0 Å². The summed E-state index contributed by atoms with van der Waals surface area (Å²) < 4.78 is 65.2. The zero-order chi connectivity index (χ0) is 42.2. The molecular formula is C45H80O14. The predicted molar refractivity (Wildman–Crippen MR) is 226 cm³/mol. The highest BCUT2D eigenvalue weighted by molar-refractivity contribution is 5.89. The second-order valence-electron chi connectivity index (χ2n) is 13.8. The molecule has 0 saturated heterocycles. The van der Waals surface area contributed by atoms with Crippen LogP contribution in [0.2, 0.25) is 0 Å². The molecule has 1 aromatic carbocycles. The van der Waals surface area contributed by atoms with E-state index in [0.717, 1.165) is 12.8 Å². The van der Waals surface area contributed by atoms with E-state index in [0.29, 0.717) is 144 Å². The van der Waals surface area contributed by atoms with Gasteiger partial charge in [0, 0.05) is 6.42 Å². The molecule has 0 aliphatic rings. The first-order chi connectivity index (χ1) is 29.2.